The lowest BCUT2D eigenvalue weighted by atomic mass is 9.90. The van der Waals surface area contributed by atoms with Crippen LogP contribution in [0.5, 0.6) is 0 Å². The van der Waals surface area contributed by atoms with E-state index >= 15 is 0 Å². The predicted molar refractivity (Wildman–Crippen MR) is 165 cm³/mol. The quantitative estimate of drug-likeness (QED) is 0.235. The van der Waals surface area contributed by atoms with E-state index in [1.54, 1.807) is 30.3 Å². The fourth-order valence-corrected chi connectivity index (χ4v) is 6.27. The molecule has 4 aromatic rings. The number of sulfonamides is 1. The van der Waals surface area contributed by atoms with Crippen LogP contribution in [0.2, 0.25) is 0 Å². The van der Waals surface area contributed by atoms with Gasteiger partial charge >= 0.3 is 0 Å². The lowest BCUT2D eigenvalue weighted by Crippen LogP contribution is -2.43. The van der Waals surface area contributed by atoms with Crippen molar-refractivity contribution in [3.05, 3.63) is 131 Å². The summed E-state index contributed by atoms with van der Waals surface area (Å²) in [7, 11) is -1.51. The summed E-state index contributed by atoms with van der Waals surface area (Å²) in [6.07, 6.45) is 1.76. The first-order chi connectivity index (χ1) is 20.8. The Morgan fingerprint density at radius 1 is 0.860 bits per heavy atom. The van der Waals surface area contributed by atoms with Crippen molar-refractivity contribution >= 4 is 10.0 Å². The minimum Gasteiger partial charge on any atom is -0.392 e. The zero-order chi connectivity index (χ0) is 30.2. The summed E-state index contributed by atoms with van der Waals surface area (Å²) in [5.41, 5.74) is 4.63. The molecule has 0 radical (unpaired) electrons. The van der Waals surface area contributed by atoms with Crippen LogP contribution in [0, 0.1) is 5.92 Å². The molecule has 43 heavy (non-hydrogen) atoms. The molecular formula is C34H39N3O5S. The highest BCUT2D eigenvalue weighted by Crippen LogP contribution is 2.41. The maximum Gasteiger partial charge on any atom is 0.240 e. The number of aromatic nitrogens is 1. The van der Waals surface area contributed by atoms with Crippen LogP contribution in [0.25, 0.3) is 0 Å². The molecule has 1 saturated heterocycles. The number of rotatable bonds is 12. The van der Waals surface area contributed by atoms with E-state index in [9.17, 15) is 13.5 Å². The molecule has 4 atom stereocenters. The first kappa shape index (κ1) is 31.0. The Bertz CT molecular complexity index is 1530. The van der Waals surface area contributed by atoms with E-state index < -0.39 is 16.3 Å². The molecule has 3 aromatic carbocycles. The third-order valence-corrected chi connectivity index (χ3v) is 9.28. The van der Waals surface area contributed by atoms with Crippen LogP contribution in [-0.4, -0.2) is 49.6 Å². The summed E-state index contributed by atoms with van der Waals surface area (Å²) in [5, 5.41) is 9.52. The highest BCUT2D eigenvalue weighted by Gasteiger charge is 2.38. The molecule has 0 amide bonds. The number of nitrogens with one attached hydrogen (secondary N) is 1. The molecule has 1 aliphatic heterocycles. The monoisotopic (exact) mass is 601 g/mol. The highest BCUT2D eigenvalue weighted by molar-refractivity contribution is 7.89. The third-order valence-electron chi connectivity index (χ3n) is 7.86. The Hall–Kier alpha value is -3.44. The summed E-state index contributed by atoms with van der Waals surface area (Å²) in [4.78, 5) is 6.95. The number of ether oxygens (including phenoxy) is 2. The fourth-order valence-electron chi connectivity index (χ4n) is 5.23. The van der Waals surface area contributed by atoms with E-state index in [1.165, 1.54) is 0 Å². The van der Waals surface area contributed by atoms with E-state index in [4.69, 9.17) is 9.47 Å². The van der Waals surface area contributed by atoms with Crippen molar-refractivity contribution in [3.8, 4) is 0 Å². The Labute approximate surface area is 254 Å². The number of nitrogens with zero attached hydrogens (tertiary/aromatic N) is 2. The Kier molecular flexibility index (Phi) is 10.3. The summed E-state index contributed by atoms with van der Waals surface area (Å²) in [5.74, 6) is 0.0696. The standard InChI is InChI=1S/C34H39N3O5S/c1-25-32(23-37(2)21-19-30-8-6-7-20-35-30)41-34(42-33(25)28-15-13-27(24-38)14-16-28)29-17-11-26(12-18-29)22-36-43(39,40)31-9-4-3-5-10-31/h3-18,20,25,32-34,36,38H,19,21-24H2,1-2H3/t25-,32+,33+,34?/m0/s1. The van der Waals surface area contributed by atoms with Crippen LogP contribution in [0.3, 0.4) is 0 Å². The number of aliphatic hydroxyl groups excluding tert-OH is 1. The zero-order valence-electron chi connectivity index (χ0n) is 24.5. The van der Waals surface area contributed by atoms with Crippen LogP contribution in [-0.2, 0) is 39.1 Å². The number of benzene rings is 3. The van der Waals surface area contributed by atoms with Crippen LogP contribution in [0.4, 0.5) is 0 Å². The van der Waals surface area contributed by atoms with Crippen LogP contribution < -0.4 is 4.72 Å². The lowest BCUT2D eigenvalue weighted by Gasteiger charge is -2.42. The summed E-state index contributed by atoms with van der Waals surface area (Å²) < 4.78 is 41.1. The lowest BCUT2D eigenvalue weighted by molar-refractivity contribution is -0.275. The maximum atomic E-state index is 12.6. The van der Waals surface area contributed by atoms with Gasteiger partial charge in [0, 0.05) is 49.4 Å². The molecule has 9 heteroatoms. The number of pyridine rings is 1. The number of aliphatic hydroxyl groups is 1. The fraction of sp³-hybridized carbons (Fsp3) is 0.324. The first-order valence-corrected chi connectivity index (χ1v) is 16.0. The normalized spacial score (nSPS) is 20.7. The van der Waals surface area contributed by atoms with Gasteiger partial charge in [-0.1, -0.05) is 79.7 Å². The topological polar surface area (TPSA) is 101 Å². The number of hydrogen-bond donors (Lipinski definition) is 2. The molecule has 1 aromatic heterocycles. The van der Waals surface area contributed by atoms with Gasteiger partial charge in [0.05, 0.1) is 23.7 Å². The molecule has 8 nitrogen and oxygen atoms in total. The van der Waals surface area contributed by atoms with E-state index in [0.717, 1.165) is 47.5 Å². The number of likely N-dealkylation sites (N-methyl/N-ethyl adjacent to an activating group) is 1. The van der Waals surface area contributed by atoms with E-state index in [-0.39, 0.29) is 36.2 Å². The molecule has 5 rings (SSSR count). The van der Waals surface area contributed by atoms with Crippen molar-refractivity contribution in [1.82, 2.24) is 14.6 Å². The molecule has 1 fully saturated rings. The van der Waals surface area contributed by atoms with Crippen molar-refractivity contribution in [2.75, 3.05) is 20.1 Å². The molecule has 0 saturated carbocycles. The van der Waals surface area contributed by atoms with Gasteiger partial charge in [0.15, 0.2) is 6.29 Å². The Morgan fingerprint density at radius 3 is 2.21 bits per heavy atom. The highest BCUT2D eigenvalue weighted by atomic mass is 32.2. The average Bonchev–Trinajstić information content (AvgIpc) is 3.05. The Balaban J connectivity index is 1.29. The molecule has 1 aliphatic rings. The van der Waals surface area contributed by atoms with Crippen molar-refractivity contribution in [3.63, 3.8) is 0 Å². The largest absolute Gasteiger partial charge is 0.392 e. The van der Waals surface area contributed by atoms with Crippen molar-refractivity contribution in [1.29, 1.82) is 0 Å². The van der Waals surface area contributed by atoms with Gasteiger partial charge in [0.1, 0.15) is 0 Å². The molecule has 2 N–H and O–H groups in total. The van der Waals surface area contributed by atoms with E-state index in [1.807, 2.05) is 72.9 Å². The molecule has 226 valence electrons. The van der Waals surface area contributed by atoms with Crippen LogP contribution >= 0.6 is 0 Å². The summed E-state index contributed by atoms with van der Waals surface area (Å²) >= 11 is 0. The predicted octanol–water partition coefficient (Wildman–Crippen LogP) is 5.02. The molecule has 1 unspecified atom stereocenters. The molecule has 0 spiro atoms. The molecular weight excluding hydrogens is 562 g/mol. The SMILES string of the molecule is C[C@H]1[C@@H](CN(C)CCc2ccccn2)OC(c2ccc(CNS(=O)(=O)c3ccccc3)cc2)O[C@H]1c1ccc(CO)cc1. The third kappa shape index (κ3) is 8.14. The van der Waals surface area contributed by atoms with Crippen molar-refractivity contribution < 1.29 is 23.0 Å². The first-order valence-electron chi connectivity index (χ1n) is 14.5. The van der Waals surface area contributed by atoms with Gasteiger partial charge in [0.2, 0.25) is 10.0 Å². The van der Waals surface area contributed by atoms with Crippen molar-refractivity contribution in [2.24, 2.45) is 5.92 Å². The van der Waals surface area contributed by atoms with Gasteiger partial charge in [-0.2, -0.15) is 0 Å². The van der Waals surface area contributed by atoms with Gasteiger partial charge in [-0.25, -0.2) is 13.1 Å². The van der Waals surface area contributed by atoms with Crippen LogP contribution in [0.15, 0.2) is 108 Å². The van der Waals surface area contributed by atoms with Gasteiger partial charge in [-0.3, -0.25) is 4.98 Å². The van der Waals surface area contributed by atoms with Gasteiger partial charge in [0.25, 0.3) is 0 Å². The number of hydrogen-bond acceptors (Lipinski definition) is 7. The molecule has 0 bridgehead atoms. The second kappa shape index (κ2) is 14.4. The smallest absolute Gasteiger partial charge is 0.240 e. The zero-order valence-corrected chi connectivity index (χ0v) is 25.4. The van der Waals surface area contributed by atoms with Crippen LogP contribution in [0.1, 0.15) is 47.3 Å². The summed E-state index contributed by atoms with van der Waals surface area (Å²) in [6, 6.07) is 29.8. The minimum absolute atomic E-state index is 0.00929. The second-order valence-corrected chi connectivity index (χ2v) is 12.8. The molecule has 0 aliphatic carbocycles. The maximum absolute atomic E-state index is 12.6. The van der Waals surface area contributed by atoms with Gasteiger partial charge < -0.3 is 19.5 Å². The average molecular weight is 602 g/mol. The summed E-state index contributed by atoms with van der Waals surface area (Å²) in [6.45, 7) is 3.88. The van der Waals surface area contributed by atoms with E-state index in [2.05, 4.69) is 28.6 Å². The van der Waals surface area contributed by atoms with E-state index in [0.29, 0.717) is 0 Å². The molecule has 2 heterocycles. The second-order valence-electron chi connectivity index (χ2n) is 11.0. The van der Waals surface area contributed by atoms with Gasteiger partial charge in [-0.15, -0.1) is 0 Å². The minimum atomic E-state index is -3.60. The van der Waals surface area contributed by atoms with Gasteiger partial charge in [-0.05, 0) is 48.0 Å². The van der Waals surface area contributed by atoms with Crippen molar-refractivity contribution in [2.45, 2.75) is 49.9 Å². The Morgan fingerprint density at radius 2 is 1.53 bits per heavy atom.